The van der Waals surface area contributed by atoms with E-state index in [0.29, 0.717) is 117 Å². The summed E-state index contributed by atoms with van der Waals surface area (Å²) in [6, 6.07) is 43.0. The van der Waals surface area contributed by atoms with Crippen molar-refractivity contribution in [3.8, 4) is 17.2 Å². The second-order valence-corrected chi connectivity index (χ2v) is 33.7. The summed E-state index contributed by atoms with van der Waals surface area (Å²) in [5.41, 5.74) is 17.5. The van der Waals surface area contributed by atoms with Gasteiger partial charge in [-0.2, -0.15) is 0 Å². The van der Waals surface area contributed by atoms with Crippen molar-refractivity contribution in [1.82, 2.24) is 20.7 Å². The Morgan fingerprint density at radius 2 is 0.850 bits per heavy atom. The molecule has 21 heteroatoms. The van der Waals surface area contributed by atoms with E-state index in [1.807, 2.05) is 139 Å². The Kier molecular flexibility index (Phi) is 27.1. The molecule has 4 saturated carbocycles. The van der Waals surface area contributed by atoms with Gasteiger partial charge in [0, 0.05) is 57.6 Å². The Morgan fingerprint density at radius 3 is 1.20 bits per heavy atom. The Bertz CT molecular complexity index is 5050. The molecular weight excluding hydrogens is 1510 g/mol. The molecule has 2 heterocycles. The number of furan rings is 2. The van der Waals surface area contributed by atoms with Crippen LogP contribution >= 0.6 is 34.8 Å². The molecule has 4 fully saturated rings. The predicted molar refractivity (Wildman–Crippen MR) is 447 cm³/mol. The third-order valence-electron chi connectivity index (χ3n) is 22.3. The van der Waals surface area contributed by atoms with E-state index >= 15 is 0 Å². The number of aliphatic hydroxyl groups is 1. The lowest BCUT2D eigenvalue weighted by molar-refractivity contribution is -0.144. The Hall–Kier alpha value is -9.72. The van der Waals surface area contributed by atoms with Gasteiger partial charge in [0.1, 0.15) is 28.8 Å². The first-order valence-corrected chi connectivity index (χ1v) is 41.9. The number of sulfonamides is 1. The molecular formula is C92H101Cl3N4O13S. The minimum atomic E-state index is -3.87. The molecule has 0 saturated heterocycles. The fourth-order valence-corrected chi connectivity index (χ4v) is 18.5. The monoisotopic (exact) mass is 1610 g/mol. The van der Waals surface area contributed by atoms with E-state index in [9.17, 15) is 32.7 Å². The molecule has 5 N–H and O–H groups in total. The molecule has 15 rings (SSSR count). The lowest BCUT2D eigenvalue weighted by Gasteiger charge is -2.55. The summed E-state index contributed by atoms with van der Waals surface area (Å²) in [6.07, 6.45) is 12.1. The maximum atomic E-state index is 13.3. The highest BCUT2D eigenvalue weighted by molar-refractivity contribution is 7.90. The van der Waals surface area contributed by atoms with Crippen molar-refractivity contribution in [1.29, 1.82) is 0 Å². The van der Waals surface area contributed by atoms with Gasteiger partial charge in [0.25, 0.3) is 0 Å². The topological polar surface area (TPSA) is 234 Å². The van der Waals surface area contributed by atoms with Gasteiger partial charge in [-0.15, -0.1) is 0 Å². The quantitative estimate of drug-likeness (QED) is 0.0201. The van der Waals surface area contributed by atoms with E-state index < -0.39 is 15.4 Å². The number of hydrogen-bond donors (Lipinski definition) is 5. The molecule has 4 bridgehead atoms. The van der Waals surface area contributed by atoms with Gasteiger partial charge in [0.15, 0.2) is 23.0 Å². The number of halogens is 3. The number of nitrogens with one attached hydrogen (secondary N) is 4. The Balaban J connectivity index is 0.000000158. The van der Waals surface area contributed by atoms with Crippen LogP contribution in [0.1, 0.15) is 174 Å². The van der Waals surface area contributed by atoms with Gasteiger partial charge >= 0.3 is 0 Å². The Morgan fingerprint density at radius 1 is 0.504 bits per heavy atom. The molecule has 594 valence electrons. The number of ether oxygens (including phenoxy) is 4. The molecule has 0 atom stereocenters. The highest BCUT2D eigenvalue weighted by Gasteiger charge is 2.55. The van der Waals surface area contributed by atoms with Gasteiger partial charge in [0.2, 0.25) is 33.7 Å². The lowest BCUT2D eigenvalue weighted by Crippen LogP contribution is -2.55. The number of hydrogen-bond acceptors (Lipinski definition) is 13. The van der Waals surface area contributed by atoms with E-state index in [0.717, 1.165) is 166 Å². The molecule has 7 aliphatic rings. The standard InChI is InChI=1S/C34H41ClN2O5S.C30H32ClNO4.C28H28ClNO4/c1-21-12-27(13-22(2)31(21)35)42-10-5-8-29-28-7-4-3-6-26(28)17-30(29)32(38)36-9-11-43(40,41)37-33(39)34-18-23-14-24(19-34)16-25(15-23)20-34;1-5-34-21(4)28-13-12-23(36-28)18-32-30(33)27-17-22-9-6-7-10-25(22)26(27)11-8-14-35-24-15-19(2)29(31)20(3)16-24;1-17-13-22(14-18(2)27(17)29)33-12-6-9-24-23-8-5-4-7-20(23)15-25(24)28(32)30-16-21-10-11-26(34-21)19(3)31/h3-4,6-7,12-13,23-25H,5,8-11,14-20H2,1-2H3,(H,36,38)(H,37,39);6-7,9-10,12-13,15-16H,4-5,8,11,14,17-18H2,1-3H3,(H,32,33);4-5,7-8,10-11,13-14,31H,3,6,9,12,15-16H2,1-2H3,(H,30,32). The maximum absolute atomic E-state index is 13.3. The average Bonchev–Trinajstić information content (AvgIpc) is 1.27. The lowest BCUT2D eigenvalue weighted by atomic mass is 9.49. The van der Waals surface area contributed by atoms with Crippen LogP contribution in [0.3, 0.4) is 0 Å². The van der Waals surface area contributed by atoms with Crippen LogP contribution in [-0.2, 0) is 66.3 Å². The SMILES string of the molecule is C=C(O)c1ccc(CNC(=O)C2=C(CCCOc3cc(C)c(Cl)c(C)c3)c3ccccc3C2)o1.C=C(OCC)c1ccc(CNC(=O)C2=C(CCCOc3cc(C)c(Cl)c(C)c3)c3ccccc3C2)o1.Cc1cc(OCCCC2=C(C(=O)NCCS(=O)(=O)NC(=O)C34CC5CC(CC(C5)C3)C4)Cc3ccccc32)cc(C)c1Cl. The number of fused-ring (bicyclic) bond motifs is 3. The van der Waals surface area contributed by atoms with Gasteiger partial charge in [0.05, 0.1) is 50.7 Å². The van der Waals surface area contributed by atoms with E-state index in [2.05, 4.69) is 58.1 Å². The molecule has 0 radical (unpaired) electrons. The van der Waals surface area contributed by atoms with Crippen LogP contribution in [0.2, 0.25) is 15.1 Å². The number of carbonyl (C=O) groups excluding carboxylic acids is 4. The number of allylic oxidation sites excluding steroid dienone is 3. The zero-order chi connectivity index (χ0) is 80.3. The van der Waals surface area contributed by atoms with Gasteiger partial charge in [-0.1, -0.05) is 121 Å². The van der Waals surface area contributed by atoms with E-state index in [4.69, 9.17) is 62.6 Å². The minimum absolute atomic E-state index is 0.0617. The fourth-order valence-electron chi connectivity index (χ4n) is 17.2. The number of carbonyl (C=O) groups is 4. The van der Waals surface area contributed by atoms with Gasteiger partial charge in [-0.3, -0.25) is 23.9 Å². The average molecular weight is 1610 g/mol. The summed E-state index contributed by atoms with van der Waals surface area (Å²) in [4.78, 5) is 52.9. The maximum Gasteiger partial charge on any atom is 0.248 e. The molecule has 17 nitrogen and oxygen atoms in total. The molecule has 0 spiro atoms. The molecule has 4 amide bonds. The van der Waals surface area contributed by atoms with Crippen molar-refractivity contribution in [3.05, 3.63) is 268 Å². The predicted octanol–water partition coefficient (Wildman–Crippen LogP) is 19.5. The summed E-state index contributed by atoms with van der Waals surface area (Å²) in [5.74, 6) is 5.34. The van der Waals surface area contributed by atoms with Crippen LogP contribution in [0.15, 0.2) is 172 Å². The van der Waals surface area contributed by atoms with Crippen molar-refractivity contribution < 1.29 is 60.5 Å². The zero-order valence-electron chi connectivity index (χ0n) is 65.5. The van der Waals surface area contributed by atoms with E-state index in [1.54, 1.807) is 18.2 Å². The molecule has 7 aliphatic carbocycles. The second-order valence-electron chi connectivity index (χ2n) is 30.7. The molecule has 113 heavy (non-hydrogen) atoms. The molecule has 2 aromatic heterocycles. The van der Waals surface area contributed by atoms with Gasteiger partial charge in [-0.05, 0) is 287 Å². The van der Waals surface area contributed by atoms with Crippen molar-refractivity contribution in [3.63, 3.8) is 0 Å². The minimum Gasteiger partial charge on any atom is -0.505 e. The summed E-state index contributed by atoms with van der Waals surface area (Å²) in [5, 5.41) is 20.5. The first-order valence-electron chi connectivity index (χ1n) is 39.1. The number of amides is 4. The molecule has 6 aromatic carbocycles. The van der Waals surface area contributed by atoms with Crippen LogP contribution in [0.4, 0.5) is 0 Å². The number of aryl methyl sites for hydroxylation is 6. The third-order valence-corrected chi connectivity index (χ3v) is 25.3. The van der Waals surface area contributed by atoms with Gasteiger partial charge < -0.3 is 48.8 Å². The highest BCUT2D eigenvalue weighted by Crippen LogP contribution is 2.60. The molecule has 0 unspecified atom stereocenters. The van der Waals surface area contributed by atoms with E-state index in [1.165, 1.54) is 24.8 Å². The summed E-state index contributed by atoms with van der Waals surface area (Å²) >= 11 is 18.8. The van der Waals surface area contributed by atoms with Gasteiger partial charge in [-0.25, -0.2) is 8.42 Å². The number of benzene rings is 6. The van der Waals surface area contributed by atoms with Crippen LogP contribution in [0.5, 0.6) is 17.2 Å². The normalized spacial score (nSPS) is 17.5. The van der Waals surface area contributed by atoms with E-state index in [-0.39, 0.29) is 48.2 Å². The zero-order valence-corrected chi connectivity index (χ0v) is 68.6. The summed E-state index contributed by atoms with van der Waals surface area (Å²) in [6.45, 7) is 23.6. The summed E-state index contributed by atoms with van der Waals surface area (Å²) in [7, 11) is -3.87. The molecule has 0 aliphatic heterocycles. The van der Waals surface area contributed by atoms with Crippen LogP contribution in [-0.4, -0.2) is 75.9 Å². The Labute approximate surface area is 678 Å². The first kappa shape index (κ1) is 82.7. The largest absolute Gasteiger partial charge is 0.505 e. The number of rotatable bonds is 31. The molecule has 8 aromatic rings. The smallest absolute Gasteiger partial charge is 0.248 e. The van der Waals surface area contributed by atoms with Crippen molar-refractivity contribution in [2.75, 3.05) is 38.7 Å². The van der Waals surface area contributed by atoms with Crippen LogP contribution in [0, 0.1) is 64.7 Å². The number of aliphatic hydroxyl groups excluding tert-OH is 1. The van der Waals surface area contributed by atoms with Crippen LogP contribution in [0.25, 0.3) is 28.2 Å². The first-order chi connectivity index (χ1) is 54.2. The van der Waals surface area contributed by atoms with Crippen molar-refractivity contribution in [2.24, 2.45) is 23.2 Å². The highest BCUT2D eigenvalue weighted by atomic mass is 35.5. The fraction of sp³-hybridized carbons (Fsp3) is 0.370. The second kappa shape index (κ2) is 37.0. The van der Waals surface area contributed by atoms with Crippen LogP contribution < -0.4 is 34.9 Å². The van der Waals surface area contributed by atoms with Crippen molar-refractivity contribution >= 4 is 96.7 Å². The summed E-state index contributed by atoms with van der Waals surface area (Å²) < 4.78 is 62.8. The third kappa shape index (κ3) is 20.4. The van der Waals surface area contributed by atoms with Crippen molar-refractivity contribution in [2.45, 2.75) is 158 Å².